The first-order chi connectivity index (χ1) is 8.70. The zero-order chi connectivity index (χ0) is 13.0. The lowest BCUT2D eigenvalue weighted by atomic mass is 10.0. The van der Waals surface area contributed by atoms with Crippen molar-refractivity contribution >= 4 is 17.2 Å². The molecule has 0 spiro atoms. The minimum Gasteiger partial charge on any atom is -0.345 e. The summed E-state index contributed by atoms with van der Waals surface area (Å²) in [6.45, 7) is 4.14. The van der Waals surface area contributed by atoms with Crippen LogP contribution in [0.4, 0.5) is 0 Å². The Hall–Kier alpha value is -1.61. The molecule has 1 aromatic carbocycles. The van der Waals surface area contributed by atoms with E-state index in [1.807, 2.05) is 24.4 Å². The number of thiophene rings is 1. The van der Waals surface area contributed by atoms with Crippen LogP contribution in [0.3, 0.4) is 0 Å². The number of benzene rings is 1. The molecular weight excluding hydrogens is 242 g/mol. The third kappa shape index (κ3) is 2.99. The number of nitrogens with one attached hydrogen (secondary N) is 1. The van der Waals surface area contributed by atoms with Gasteiger partial charge in [0, 0.05) is 0 Å². The summed E-state index contributed by atoms with van der Waals surface area (Å²) in [5.74, 6) is -0.00271. The maximum atomic E-state index is 11.9. The van der Waals surface area contributed by atoms with Crippen LogP contribution in [-0.2, 0) is 6.42 Å². The van der Waals surface area contributed by atoms with Crippen LogP contribution >= 0.6 is 11.3 Å². The standard InChI is InChI=1S/C15H17NOS/c1-3-12-6-8-13(9-7-12)11(2)16-15(17)14-5-4-10-18-14/h4-11H,3H2,1-2H3,(H,16,17)/t11-/m1/s1. The van der Waals surface area contributed by atoms with Crippen molar-refractivity contribution in [3.63, 3.8) is 0 Å². The summed E-state index contributed by atoms with van der Waals surface area (Å²) in [7, 11) is 0. The van der Waals surface area contributed by atoms with Crippen LogP contribution in [0.25, 0.3) is 0 Å². The van der Waals surface area contributed by atoms with E-state index in [1.54, 1.807) is 0 Å². The topological polar surface area (TPSA) is 29.1 Å². The Morgan fingerprint density at radius 1 is 1.28 bits per heavy atom. The minimum absolute atomic E-state index is 0.00271. The smallest absolute Gasteiger partial charge is 0.261 e. The minimum atomic E-state index is -0.00271. The van der Waals surface area contributed by atoms with Gasteiger partial charge in [-0.05, 0) is 35.9 Å². The highest BCUT2D eigenvalue weighted by atomic mass is 32.1. The Balaban J connectivity index is 2.02. The SMILES string of the molecule is CCc1ccc([C@@H](C)NC(=O)c2cccs2)cc1. The molecule has 94 valence electrons. The van der Waals surface area contributed by atoms with Gasteiger partial charge in [0.25, 0.3) is 5.91 Å². The van der Waals surface area contributed by atoms with Crippen LogP contribution in [0.2, 0.25) is 0 Å². The Bertz CT molecular complexity index is 502. The van der Waals surface area contributed by atoms with Gasteiger partial charge < -0.3 is 5.32 Å². The molecular formula is C15H17NOS. The van der Waals surface area contributed by atoms with Gasteiger partial charge in [-0.25, -0.2) is 0 Å². The zero-order valence-corrected chi connectivity index (χ0v) is 11.5. The maximum Gasteiger partial charge on any atom is 0.261 e. The van der Waals surface area contributed by atoms with Gasteiger partial charge in [0.2, 0.25) is 0 Å². The van der Waals surface area contributed by atoms with Crippen LogP contribution in [-0.4, -0.2) is 5.91 Å². The van der Waals surface area contributed by atoms with E-state index in [0.717, 1.165) is 16.9 Å². The Morgan fingerprint density at radius 2 is 2.00 bits per heavy atom. The van der Waals surface area contributed by atoms with Crippen molar-refractivity contribution in [3.8, 4) is 0 Å². The van der Waals surface area contributed by atoms with E-state index in [4.69, 9.17) is 0 Å². The molecule has 0 saturated carbocycles. The van der Waals surface area contributed by atoms with E-state index in [1.165, 1.54) is 16.9 Å². The Morgan fingerprint density at radius 3 is 2.56 bits per heavy atom. The van der Waals surface area contributed by atoms with Gasteiger partial charge in [0.05, 0.1) is 10.9 Å². The fourth-order valence-corrected chi connectivity index (χ4v) is 2.43. The predicted molar refractivity (Wildman–Crippen MR) is 76.0 cm³/mol. The lowest BCUT2D eigenvalue weighted by Gasteiger charge is -2.14. The Kier molecular flexibility index (Phi) is 4.15. The van der Waals surface area contributed by atoms with Crippen molar-refractivity contribution in [1.29, 1.82) is 0 Å². The molecule has 0 radical (unpaired) electrons. The fraction of sp³-hybridized carbons (Fsp3) is 0.267. The molecule has 3 heteroatoms. The van der Waals surface area contributed by atoms with E-state index in [9.17, 15) is 4.79 Å². The lowest BCUT2D eigenvalue weighted by molar-refractivity contribution is 0.0944. The van der Waals surface area contributed by atoms with E-state index >= 15 is 0 Å². The normalized spacial score (nSPS) is 12.1. The largest absolute Gasteiger partial charge is 0.345 e. The Labute approximate surface area is 112 Å². The van der Waals surface area contributed by atoms with Crippen LogP contribution in [0.5, 0.6) is 0 Å². The van der Waals surface area contributed by atoms with Crippen molar-refractivity contribution in [3.05, 3.63) is 57.8 Å². The molecule has 0 unspecified atom stereocenters. The number of carbonyl (C=O) groups excluding carboxylic acids is 1. The van der Waals surface area contributed by atoms with E-state index in [2.05, 4.69) is 36.5 Å². The van der Waals surface area contributed by atoms with Crippen molar-refractivity contribution in [2.24, 2.45) is 0 Å². The van der Waals surface area contributed by atoms with E-state index < -0.39 is 0 Å². The molecule has 0 bridgehead atoms. The van der Waals surface area contributed by atoms with Gasteiger partial charge in [-0.3, -0.25) is 4.79 Å². The molecule has 0 fully saturated rings. The van der Waals surface area contributed by atoms with Crippen molar-refractivity contribution in [2.45, 2.75) is 26.3 Å². The molecule has 1 atom stereocenters. The van der Waals surface area contributed by atoms with Gasteiger partial charge >= 0.3 is 0 Å². The van der Waals surface area contributed by atoms with Gasteiger partial charge in [0.15, 0.2) is 0 Å². The first-order valence-electron chi connectivity index (χ1n) is 6.14. The van der Waals surface area contributed by atoms with Crippen LogP contribution in [0.15, 0.2) is 41.8 Å². The van der Waals surface area contributed by atoms with Crippen LogP contribution in [0.1, 0.15) is 40.7 Å². The molecule has 1 N–H and O–H groups in total. The zero-order valence-electron chi connectivity index (χ0n) is 10.6. The van der Waals surface area contributed by atoms with Crippen LogP contribution in [0, 0.1) is 0 Å². The molecule has 2 rings (SSSR count). The molecule has 0 aliphatic carbocycles. The average molecular weight is 259 g/mol. The maximum absolute atomic E-state index is 11.9. The second-order valence-electron chi connectivity index (χ2n) is 4.27. The molecule has 0 aliphatic rings. The number of hydrogen-bond acceptors (Lipinski definition) is 2. The number of amides is 1. The molecule has 1 amide bonds. The second-order valence-corrected chi connectivity index (χ2v) is 5.22. The third-order valence-corrected chi connectivity index (χ3v) is 3.85. The average Bonchev–Trinajstić information content (AvgIpc) is 2.92. The summed E-state index contributed by atoms with van der Waals surface area (Å²) < 4.78 is 0. The monoisotopic (exact) mass is 259 g/mol. The molecule has 0 aliphatic heterocycles. The molecule has 1 heterocycles. The van der Waals surface area contributed by atoms with E-state index in [0.29, 0.717) is 0 Å². The number of hydrogen-bond donors (Lipinski definition) is 1. The van der Waals surface area contributed by atoms with Gasteiger partial charge in [0.1, 0.15) is 0 Å². The predicted octanol–water partition coefficient (Wildman–Crippen LogP) is 3.80. The summed E-state index contributed by atoms with van der Waals surface area (Å²) in [5.41, 5.74) is 2.45. The fourth-order valence-electron chi connectivity index (χ4n) is 1.80. The lowest BCUT2D eigenvalue weighted by Crippen LogP contribution is -2.25. The highest BCUT2D eigenvalue weighted by molar-refractivity contribution is 7.12. The summed E-state index contributed by atoms with van der Waals surface area (Å²) in [6, 6.07) is 12.2. The van der Waals surface area contributed by atoms with E-state index in [-0.39, 0.29) is 11.9 Å². The number of carbonyl (C=O) groups is 1. The first kappa shape index (κ1) is 12.8. The van der Waals surface area contributed by atoms with Crippen molar-refractivity contribution < 1.29 is 4.79 Å². The molecule has 2 aromatic rings. The second kappa shape index (κ2) is 5.83. The van der Waals surface area contributed by atoms with Gasteiger partial charge in [-0.15, -0.1) is 11.3 Å². The molecule has 1 aromatic heterocycles. The molecule has 0 saturated heterocycles. The van der Waals surface area contributed by atoms with Gasteiger partial charge in [-0.1, -0.05) is 37.3 Å². The summed E-state index contributed by atoms with van der Waals surface area (Å²) >= 11 is 1.46. The molecule has 2 nitrogen and oxygen atoms in total. The number of aryl methyl sites for hydroxylation is 1. The highest BCUT2D eigenvalue weighted by Crippen LogP contribution is 2.16. The first-order valence-corrected chi connectivity index (χ1v) is 7.02. The highest BCUT2D eigenvalue weighted by Gasteiger charge is 2.11. The molecule has 18 heavy (non-hydrogen) atoms. The van der Waals surface area contributed by atoms with Crippen LogP contribution < -0.4 is 5.32 Å². The summed E-state index contributed by atoms with van der Waals surface area (Å²) in [4.78, 5) is 12.7. The number of rotatable bonds is 4. The quantitative estimate of drug-likeness (QED) is 0.889. The summed E-state index contributed by atoms with van der Waals surface area (Å²) in [5, 5.41) is 4.92. The van der Waals surface area contributed by atoms with Gasteiger partial charge in [-0.2, -0.15) is 0 Å². The van der Waals surface area contributed by atoms with Crippen molar-refractivity contribution in [2.75, 3.05) is 0 Å². The summed E-state index contributed by atoms with van der Waals surface area (Å²) in [6.07, 6.45) is 1.04. The van der Waals surface area contributed by atoms with Crippen molar-refractivity contribution in [1.82, 2.24) is 5.32 Å². The third-order valence-electron chi connectivity index (χ3n) is 2.98.